The van der Waals surface area contributed by atoms with E-state index >= 15 is 0 Å². The van der Waals surface area contributed by atoms with Gasteiger partial charge in [-0.05, 0) is 58.0 Å². The topological polar surface area (TPSA) is 26.0 Å². The Morgan fingerprint density at radius 3 is 2.24 bits per heavy atom. The lowest BCUT2D eigenvalue weighted by molar-refractivity contribution is 0.0480. The summed E-state index contributed by atoms with van der Waals surface area (Å²) < 4.78 is 29.3. The van der Waals surface area contributed by atoms with Gasteiger partial charge in [0.1, 0.15) is 0 Å². The molecule has 0 fully saturated rings. The molecule has 0 unspecified atom stereocenters. The Kier molecular flexibility index (Phi) is 2.20. The Balaban J connectivity index is 2.37. The molecule has 1 aliphatic rings. The van der Waals surface area contributed by atoms with Crippen LogP contribution < -0.4 is 5.73 Å². The van der Waals surface area contributed by atoms with Crippen molar-refractivity contribution >= 4 is 28.3 Å². The minimum Gasteiger partial charge on any atom is -0.399 e. The lowest BCUT2D eigenvalue weighted by Gasteiger charge is -2.12. The van der Waals surface area contributed by atoms with Gasteiger partial charge in [0.05, 0.1) is 0 Å². The van der Waals surface area contributed by atoms with Crippen molar-refractivity contribution < 1.29 is 8.78 Å². The van der Waals surface area contributed by atoms with Gasteiger partial charge < -0.3 is 5.73 Å². The zero-order valence-corrected chi connectivity index (χ0v) is 10.8. The molecule has 2 aromatic rings. The van der Waals surface area contributed by atoms with Crippen LogP contribution in [-0.2, 0) is 5.92 Å². The fraction of sp³-hybridized carbons (Fsp3) is 0.0769. The summed E-state index contributed by atoms with van der Waals surface area (Å²) in [5, 5.41) is 0. The molecule has 0 aromatic heterocycles. The molecule has 1 nitrogen and oxygen atoms in total. The molecule has 0 aliphatic heterocycles. The van der Waals surface area contributed by atoms with Crippen LogP contribution >= 0.6 is 22.6 Å². The summed E-state index contributed by atoms with van der Waals surface area (Å²) >= 11 is 2.04. The first-order chi connectivity index (χ1) is 8.00. The van der Waals surface area contributed by atoms with E-state index in [4.69, 9.17) is 5.73 Å². The molecule has 3 rings (SSSR count). The van der Waals surface area contributed by atoms with Crippen LogP contribution in [-0.4, -0.2) is 0 Å². The molecule has 0 radical (unpaired) electrons. The quantitative estimate of drug-likeness (QED) is 0.568. The molecule has 0 heterocycles. The van der Waals surface area contributed by atoms with Crippen LogP contribution in [0.4, 0.5) is 14.5 Å². The Labute approximate surface area is 111 Å². The molecule has 0 bridgehead atoms. The number of hydrogen-bond acceptors (Lipinski definition) is 1. The average Bonchev–Trinajstić information content (AvgIpc) is 2.49. The highest BCUT2D eigenvalue weighted by molar-refractivity contribution is 14.1. The molecule has 0 spiro atoms. The Hall–Kier alpha value is -1.17. The summed E-state index contributed by atoms with van der Waals surface area (Å²) in [7, 11) is 0. The van der Waals surface area contributed by atoms with E-state index in [2.05, 4.69) is 0 Å². The van der Waals surface area contributed by atoms with Crippen LogP contribution in [0, 0.1) is 3.57 Å². The van der Waals surface area contributed by atoms with Crippen molar-refractivity contribution in [2.45, 2.75) is 5.92 Å². The highest BCUT2D eigenvalue weighted by atomic mass is 127. The van der Waals surface area contributed by atoms with Crippen molar-refractivity contribution in [3.05, 3.63) is 51.1 Å². The summed E-state index contributed by atoms with van der Waals surface area (Å²) in [5.41, 5.74) is 7.21. The Bertz CT molecular complexity index is 569. The number of hydrogen-bond donors (Lipinski definition) is 1. The van der Waals surface area contributed by atoms with Crippen LogP contribution in [0.5, 0.6) is 0 Å². The molecule has 0 amide bonds. The number of fused-ring (bicyclic) bond motifs is 3. The van der Waals surface area contributed by atoms with Gasteiger partial charge >= 0.3 is 0 Å². The predicted molar refractivity (Wildman–Crippen MR) is 72.0 cm³/mol. The average molecular weight is 343 g/mol. The third-order valence-corrected chi connectivity index (χ3v) is 3.66. The molecule has 2 N–H and O–H groups in total. The molecule has 0 saturated heterocycles. The second kappa shape index (κ2) is 3.41. The van der Waals surface area contributed by atoms with Crippen LogP contribution in [0.15, 0.2) is 36.4 Å². The number of alkyl halides is 2. The number of benzene rings is 2. The Morgan fingerprint density at radius 1 is 0.941 bits per heavy atom. The fourth-order valence-corrected chi connectivity index (χ4v) is 2.70. The lowest BCUT2D eigenvalue weighted by Crippen LogP contribution is -2.11. The van der Waals surface area contributed by atoms with E-state index in [0.717, 1.165) is 3.57 Å². The first-order valence-electron chi connectivity index (χ1n) is 5.08. The highest BCUT2D eigenvalue weighted by Crippen LogP contribution is 2.51. The molecule has 86 valence electrons. The summed E-state index contributed by atoms with van der Waals surface area (Å²) in [6, 6.07) is 9.79. The SMILES string of the molecule is Nc1ccc2c(c1)C(F)(F)c1cc(I)ccc1-2. The Morgan fingerprint density at radius 2 is 1.53 bits per heavy atom. The van der Waals surface area contributed by atoms with Gasteiger partial charge in [-0.3, -0.25) is 0 Å². The standard InChI is InChI=1S/C13H8F2IN/c14-13(15)11-5-7(16)1-3-9(11)10-4-2-8(17)6-12(10)13/h1-6H,17H2. The van der Waals surface area contributed by atoms with E-state index in [1.54, 1.807) is 18.2 Å². The van der Waals surface area contributed by atoms with Crippen LogP contribution in [0.1, 0.15) is 11.1 Å². The summed E-state index contributed by atoms with van der Waals surface area (Å²) in [5.74, 6) is -2.94. The van der Waals surface area contributed by atoms with Gasteiger partial charge in [-0.25, -0.2) is 0 Å². The van der Waals surface area contributed by atoms with E-state index in [9.17, 15) is 8.78 Å². The molecule has 1 aliphatic carbocycles. The van der Waals surface area contributed by atoms with E-state index in [1.807, 2.05) is 28.7 Å². The monoisotopic (exact) mass is 343 g/mol. The minimum absolute atomic E-state index is 0.00880. The smallest absolute Gasteiger partial charge is 0.299 e. The number of nitrogen functional groups attached to an aromatic ring is 1. The van der Waals surface area contributed by atoms with Gasteiger partial charge in [-0.15, -0.1) is 0 Å². The highest BCUT2D eigenvalue weighted by Gasteiger charge is 2.44. The first-order valence-corrected chi connectivity index (χ1v) is 6.16. The maximum atomic E-state index is 14.2. The normalized spacial score (nSPS) is 15.5. The molecule has 2 aromatic carbocycles. The van der Waals surface area contributed by atoms with Crippen LogP contribution in [0.2, 0.25) is 0 Å². The van der Waals surface area contributed by atoms with Gasteiger partial charge in [0.15, 0.2) is 0 Å². The number of nitrogens with two attached hydrogens (primary N) is 1. The molecule has 0 saturated carbocycles. The van der Waals surface area contributed by atoms with Crippen LogP contribution in [0.3, 0.4) is 0 Å². The van der Waals surface area contributed by atoms with Gasteiger partial charge in [0, 0.05) is 20.4 Å². The number of halogens is 3. The van der Waals surface area contributed by atoms with Crippen molar-refractivity contribution in [1.29, 1.82) is 0 Å². The van der Waals surface area contributed by atoms with Crippen molar-refractivity contribution in [2.24, 2.45) is 0 Å². The van der Waals surface area contributed by atoms with E-state index in [0.29, 0.717) is 16.8 Å². The van der Waals surface area contributed by atoms with Gasteiger partial charge in [-0.1, -0.05) is 12.1 Å². The molecular formula is C13H8F2IN. The molecule has 4 heteroatoms. The molecule has 0 atom stereocenters. The fourth-order valence-electron chi connectivity index (χ4n) is 2.21. The number of anilines is 1. The zero-order chi connectivity index (χ0) is 12.2. The number of rotatable bonds is 0. The van der Waals surface area contributed by atoms with E-state index in [1.165, 1.54) is 12.1 Å². The third-order valence-electron chi connectivity index (χ3n) is 2.99. The summed E-state index contributed by atoms with van der Waals surface area (Å²) in [6.45, 7) is 0. The van der Waals surface area contributed by atoms with Gasteiger partial charge in [-0.2, -0.15) is 8.78 Å². The molecule has 17 heavy (non-hydrogen) atoms. The third kappa shape index (κ3) is 1.46. The van der Waals surface area contributed by atoms with Crippen molar-refractivity contribution in [1.82, 2.24) is 0 Å². The van der Waals surface area contributed by atoms with Gasteiger partial charge in [0.2, 0.25) is 0 Å². The maximum absolute atomic E-state index is 14.2. The maximum Gasteiger partial charge on any atom is 0.299 e. The van der Waals surface area contributed by atoms with Crippen molar-refractivity contribution in [3.8, 4) is 11.1 Å². The zero-order valence-electron chi connectivity index (χ0n) is 8.68. The summed E-state index contributed by atoms with van der Waals surface area (Å²) in [6.07, 6.45) is 0. The second-order valence-corrected chi connectivity index (χ2v) is 5.31. The van der Waals surface area contributed by atoms with Crippen LogP contribution in [0.25, 0.3) is 11.1 Å². The lowest BCUT2D eigenvalue weighted by atomic mass is 10.1. The van der Waals surface area contributed by atoms with Crippen molar-refractivity contribution in [2.75, 3.05) is 5.73 Å². The van der Waals surface area contributed by atoms with Gasteiger partial charge in [0.25, 0.3) is 5.92 Å². The molecular weight excluding hydrogens is 335 g/mol. The van der Waals surface area contributed by atoms with E-state index < -0.39 is 5.92 Å². The summed E-state index contributed by atoms with van der Waals surface area (Å²) in [4.78, 5) is 0. The minimum atomic E-state index is -2.94. The first kappa shape index (κ1) is 11.0. The largest absolute Gasteiger partial charge is 0.399 e. The predicted octanol–water partition coefficient (Wildman–Crippen LogP) is 3.99. The van der Waals surface area contributed by atoms with E-state index in [-0.39, 0.29) is 11.1 Å². The second-order valence-electron chi connectivity index (χ2n) is 4.07. The van der Waals surface area contributed by atoms with Crippen molar-refractivity contribution in [3.63, 3.8) is 0 Å².